The van der Waals surface area contributed by atoms with Crippen molar-refractivity contribution in [2.24, 2.45) is 5.92 Å². The molecule has 2 aromatic rings. The van der Waals surface area contributed by atoms with E-state index in [9.17, 15) is 9.59 Å². The first-order valence-electron chi connectivity index (χ1n) is 10.1. The van der Waals surface area contributed by atoms with E-state index in [-0.39, 0.29) is 18.4 Å². The predicted octanol–water partition coefficient (Wildman–Crippen LogP) is 2.24. The lowest BCUT2D eigenvalue weighted by molar-refractivity contribution is -0.117. The van der Waals surface area contributed by atoms with E-state index in [1.165, 1.54) is 0 Å². The lowest BCUT2D eigenvalue weighted by Crippen LogP contribution is -2.41. The molecule has 1 aliphatic heterocycles. The van der Waals surface area contributed by atoms with Crippen molar-refractivity contribution in [2.45, 2.75) is 19.3 Å². The van der Waals surface area contributed by atoms with E-state index < -0.39 is 0 Å². The Morgan fingerprint density at radius 1 is 1.23 bits per heavy atom. The molecule has 1 aliphatic carbocycles. The number of rotatable bonds is 8. The van der Waals surface area contributed by atoms with Gasteiger partial charge >= 0.3 is 0 Å². The van der Waals surface area contributed by atoms with Gasteiger partial charge in [0.1, 0.15) is 5.82 Å². The molecule has 2 amide bonds. The molecule has 4 rings (SSSR count). The molecule has 1 saturated carbocycles. The molecular formula is C22H26N4O4. The van der Waals surface area contributed by atoms with Crippen molar-refractivity contribution >= 4 is 23.3 Å². The molecule has 2 N–H and O–H groups in total. The Kier molecular flexibility index (Phi) is 5.74. The number of amides is 2. The number of nitrogens with zero attached hydrogens (tertiary/aromatic N) is 2. The van der Waals surface area contributed by atoms with Gasteiger partial charge in [-0.05, 0) is 48.9 Å². The average molecular weight is 410 g/mol. The number of carbonyl (C=O) groups excluding carboxylic acids is 2. The van der Waals surface area contributed by atoms with Crippen molar-refractivity contribution in [3.05, 3.63) is 41.6 Å². The molecule has 0 bridgehead atoms. The van der Waals surface area contributed by atoms with E-state index in [0.717, 1.165) is 18.4 Å². The van der Waals surface area contributed by atoms with Gasteiger partial charge in [-0.15, -0.1) is 0 Å². The SMILES string of the molecule is COc1ccc(CCNC(=O)c2cnc3c(c2)N(CC2CC2)C(=O)CN3)cc1OC. The standard InChI is InChI=1S/C22H26N4O4/c1-29-18-6-5-14(9-19(18)30-2)7-8-23-22(28)16-10-17-21(24-11-16)25-12-20(27)26(17)13-15-3-4-15/h5-6,9-11,15H,3-4,7-8,12-13H2,1-2H3,(H,23,28)(H,24,25). The van der Waals surface area contributed by atoms with Crippen LogP contribution in [0.3, 0.4) is 0 Å². The van der Waals surface area contributed by atoms with Crippen LogP contribution in [0.15, 0.2) is 30.5 Å². The van der Waals surface area contributed by atoms with Crippen molar-refractivity contribution in [1.82, 2.24) is 10.3 Å². The maximum atomic E-state index is 12.6. The molecule has 8 heteroatoms. The fourth-order valence-electron chi connectivity index (χ4n) is 3.53. The Bertz CT molecular complexity index is 958. The summed E-state index contributed by atoms with van der Waals surface area (Å²) in [6.07, 6.45) is 4.49. The summed E-state index contributed by atoms with van der Waals surface area (Å²) in [6.45, 7) is 1.40. The summed E-state index contributed by atoms with van der Waals surface area (Å²) in [5.41, 5.74) is 2.16. The number of carbonyl (C=O) groups is 2. The molecule has 0 atom stereocenters. The van der Waals surface area contributed by atoms with Gasteiger partial charge in [0.15, 0.2) is 11.5 Å². The molecule has 8 nitrogen and oxygen atoms in total. The first-order chi connectivity index (χ1) is 14.6. The van der Waals surface area contributed by atoms with Crippen LogP contribution in [-0.4, -0.2) is 50.7 Å². The number of nitrogens with one attached hydrogen (secondary N) is 2. The lowest BCUT2D eigenvalue weighted by atomic mass is 10.1. The van der Waals surface area contributed by atoms with Crippen molar-refractivity contribution in [3.8, 4) is 11.5 Å². The lowest BCUT2D eigenvalue weighted by Gasteiger charge is -2.29. The first kappa shape index (κ1) is 20.0. The number of hydrogen-bond donors (Lipinski definition) is 2. The number of hydrogen-bond acceptors (Lipinski definition) is 6. The summed E-state index contributed by atoms with van der Waals surface area (Å²) >= 11 is 0. The number of benzene rings is 1. The second-order valence-electron chi connectivity index (χ2n) is 7.59. The normalized spacial score (nSPS) is 15.3. The molecule has 1 fully saturated rings. The van der Waals surface area contributed by atoms with Crippen LogP contribution >= 0.6 is 0 Å². The van der Waals surface area contributed by atoms with Crippen molar-refractivity contribution in [1.29, 1.82) is 0 Å². The van der Waals surface area contributed by atoms with E-state index in [0.29, 0.717) is 54.0 Å². The summed E-state index contributed by atoms with van der Waals surface area (Å²) in [5, 5.41) is 5.96. The fraction of sp³-hybridized carbons (Fsp3) is 0.409. The molecule has 158 valence electrons. The van der Waals surface area contributed by atoms with E-state index >= 15 is 0 Å². The van der Waals surface area contributed by atoms with Crippen LogP contribution in [0.25, 0.3) is 0 Å². The van der Waals surface area contributed by atoms with Crippen LogP contribution in [-0.2, 0) is 11.2 Å². The predicted molar refractivity (Wildman–Crippen MR) is 113 cm³/mol. The van der Waals surface area contributed by atoms with Crippen LogP contribution in [0, 0.1) is 5.92 Å². The highest BCUT2D eigenvalue weighted by atomic mass is 16.5. The van der Waals surface area contributed by atoms with E-state index in [4.69, 9.17) is 9.47 Å². The highest BCUT2D eigenvalue weighted by Gasteiger charge is 2.32. The van der Waals surface area contributed by atoms with Gasteiger partial charge in [-0.3, -0.25) is 9.59 Å². The largest absolute Gasteiger partial charge is 0.493 e. The Labute approximate surface area is 175 Å². The smallest absolute Gasteiger partial charge is 0.252 e. The van der Waals surface area contributed by atoms with Crippen LogP contribution in [0.1, 0.15) is 28.8 Å². The minimum atomic E-state index is -0.213. The van der Waals surface area contributed by atoms with Crippen molar-refractivity contribution in [2.75, 3.05) is 44.1 Å². The highest BCUT2D eigenvalue weighted by molar-refractivity contribution is 6.04. The van der Waals surface area contributed by atoms with Crippen LogP contribution in [0.5, 0.6) is 11.5 Å². The minimum Gasteiger partial charge on any atom is -0.493 e. The maximum Gasteiger partial charge on any atom is 0.252 e. The number of pyridine rings is 1. The number of aromatic nitrogens is 1. The third-order valence-electron chi connectivity index (χ3n) is 5.41. The average Bonchev–Trinajstić information content (AvgIpc) is 3.59. The fourth-order valence-corrected chi connectivity index (χ4v) is 3.53. The van der Waals surface area contributed by atoms with Crippen LogP contribution in [0.4, 0.5) is 11.5 Å². The number of ether oxygens (including phenoxy) is 2. The highest BCUT2D eigenvalue weighted by Crippen LogP contribution is 2.35. The van der Waals surface area contributed by atoms with Gasteiger partial charge in [0, 0.05) is 19.3 Å². The molecule has 1 aromatic heterocycles. The number of methoxy groups -OCH3 is 2. The summed E-state index contributed by atoms with van der Waals surface area (Å²) in [4.78, 5) is 31.1. The quantitative estimate of drug-likeness (QED) is 0.693. The molecule has 1 aromatic carbocycles. The zero-order valence-electron chi connectivity index (χ0n) is 17.2. The topological polar surface area (TPSA) is 92.8 Å². The number of anilines is 2. The number of fused-ring (bicyclic) bond motifs is 1. The van der Waals surface area contributed by atoms with E-state index in [2.05, 4.69) is 15.6 Å². The Morgan fingerprint density at radius 2 is 2.03 bits per heavy atom. The molecule has 0 spiro atoms. The van der Waals surface area contributed by atoms with Gasteiger partial charge in [-0.25, -0.2) is 4.98 Å². The van der Waals surface area contributed by atoms with Crippen LogP contribution < -0.4 is 25.0 Å². The van der Waals surface area contributed by atoms with Gasteiger partial charge in [-0.1, -0.05) is 6.07 Å². The third kappa shape index (κ3) is 4.32. The van der Waals surface area contributed by atoms with Gasteiger partial charge < -0.3 is 25.0 Å². The summed E-state index contributed by atoms with van der Waals surface area (Å²) < 4.78 is 10.6. The molecule has 0 radical (unpaired) electrons. The maximum absolute atomic E-state index is 12.6. The first-order valence-corrected chi connectivity index (χ1v) is 10.1. The van der Waals surface area contributed by atoms with Gasteiger partial charge in [-0.2, -0.15) is 0 Å². The molecule has 2 heterocycles. The van der Waals surface area contributed by atoms with Crippen molar-refractivity contribution in [3.63, 3.8) is 0 Å². The second kappa shape index (κ2) is 8.61. The third-order valence-corrected chi connectivity index (χ3v) is 5.41. The second-order valence-corrected chi connectivity index (χ2v) is 7.59. The van der Waals surface area contributed by atoms with E-state index in [1.807, 2.05) is 18.2 Å². The zero-order valence-corrected chi connectivity index (χ0v) is 17.2. The zero-order chi connectivity index (χ0) is 21.1. The molecule has 30 heavy (non-hydrogen) atoms. The van der Waals surface area contributed by atoms with E-state index in [1.54, 1.807) is 31.4 Å². The van der Waals surface area contributed by atoms with Crippen LogP contribution in [0.2, 0.25) is 0 Å². The monoisotopic (exact) mass is 410 g/mol. The van der Waals surface area contributed by atoms with Gasteiger partial charge in [0.05, 0.1) is 32.0 Å². The Morgan fingerprint density at radius 3 is 2.77 bits per heavy atom. The van der Waals surface area contributed by atoms with Crippen molar-refractivity contribution < 1.29 is 19.1 Å². The molecular weight excluding hydrogens is 384 g/mol. The minimum absolute atomic E-state index is 0.0159. The Hall–Kier alpha value is -3.29. The molecule has 0 saturated heterocycles. The Balaban J connectivity index is 1.40. The van der Waals surface area contributed by atoms with Gasteiger partial charge in [0.25, 0.3) is 5.91 Å². The summed E-state index contributed by atoms with van der Waals surface area (Å²) in [7, 11) is 3.19. The molecule has 2 aliphatic rings. The molecule has 0 unspecified atom stereocenters. The summed E-state index contributed by atoms with van der Waals surface area (Å²) in [5.74, 6) is 2.34. The van der Waals surface area contributed by atoms with Gasteiger partial charge in [0.2, 0.25) is 5.91 Å². The summed E-state index contributed by atoms with van der Waals surface area (Å²) in [6, 6.07) is 7.45.